The van der Waals surface area contributed by atoms with Gasteiger partial charge in [0.15, 0.2) is 0 Å². The lowest BCUT2D eigenvalue weighted by Gasteiger charge is -2.39. The van der Waals surface area contributed by atoms with E-state index in [0.717, 1.165) is 0 Å². The van der Waals surface area contributed by atoms with E-state index in [9.17, 15) is 9.59 Å². The van der Waals surface area contributed by atoms with Crippen molar-refractivity contribution in [3.05, 3.63) is 24.3 Å². The van der Waals surface area contributed by atoms with Crippen molar-refractivity contribution in [1.82, 2.24) is 14.9 Å². The molecule has 1 aromatic heterocycles. The zero-order valence-electron chi connectivity index (χ0n) is 12.1. The van der Waals surface area contributed by atoms with E-state index in [1.165, 1.54) is 12.5 Å². The molecule has 0 aliphatic carbocycles. The maximum Gasteiger partial charge on any atom is 0.272 e. The van der Waals surface area contributed by atoms with E-state index in [0.29, 0.717) is 44.7 Å². The van der Waals surface area contributed by atoms with Gasteiger partial charge in [-0.1, -0.05) is 0 Å². The third-order valence-corrected chi connectivity index (χ3v) is 4.12. The van der Waals surface area contributed by atoms with E-state index in [4.69, 9.17) is 10.5 Å². The first kappa shape index (κ1) is 15.4. The molecule has 0 unspecified atom stereocenters. The van der Waals surface area contributed by atoms with E-state index >= 15 is 0 Å². The van der Waals surface area contributed by atoms with Gasteiger partial charge < -0.3 is 15.4 Å². The molecule has 7 nitrogen and oxygen atoms in total. The van der Waals surface area contributed by atoms with Crippen molar-refractivity contribution in [2.75, 3.05) is 26.8 Å². The first-order valence-electron chi connectivity index (χ1n) is 6.93. The predicted molar refractivity (Wildman–Crippen MR) is 75.3 cm³/mol. The summed E-state index contributed by atoms with van der Waals surface area (Å²) in [5.74, 6) is -0.448. The van der Waals surface area contributed by atoms with Gasteiger partial charge >= 0.3 is 0 Å². The Morgan fingerprint density at radius 2 is 2.14 bits per heavy atom. The fourth-order valence-electron chi connectivity index (χ4n) is 2.63. The lowest BCUT2D eigenvalue weighted by molar-refractivity contribution is -0.131. The van der Waals surface area contributed by atoms with Crippen LogP contribution in [0, 0.1) is 5.41 Å². The first-order valence-corrected chi connectivity index (χ1v) is 6.93. The Morgan fingerprint density at radius 1 is 1.43 bits per heavy atom. The number of methoxy groups -OCH3 is 1. The first-order chi connectivity index (χ1) is 10.1. The Kier molecular flexibility index (Phi) is 4.85. The van der Waals surface area contributed by atoms with Crippen LogP contribution in [-0.2, 0) is 9.53 Å². The van der Waals surface area contributed by atoms with Crippen molar-refractivity contribution in [3.63, 3.8) is 0 Å². The highest BCUT2D eigenvalue weighted by molar-refractivity contribution is 5.92. The number of primary amides is 1. The molecule has 1 aliphatic heterocycles. The fraction of sp³-hybridized carbons (Fsp3) is 0.571. The summed E-state index contributed by atoms with van der Waals surface area (Å²) in [5, 5.41) is 0. The van der Waals surface area contributed by atoms with Crippen molar-refractivity contribution >= 4 is 11.8 Å². The molecule has 2 heterocycles. The fourth-order valence-corrected chi connectivity index (χ4v) is 2.63. The molecule has 7 heteroatoms. The van der Waals surface area contributed by atoms with E-state index in [-0.39, 0.29) is 11.8 Å². The molecule has 2 rings (SSSR count). The summed E-state index contributed by atoms with van der Waals surface area (Å²) in [6, 6.07) is 1.59. The van der Waals surface area contributed by atoms with Crippen LogP contribution in [-0.4, -0.2) is 53.5 Å². The standard InChI is InChI=1S/C14H20N4O3/c1-21-9-5-14(13(15)20)3-7-18(8-4-14)12(19)11-2-6-16-10-17-11/h2,6,10H,3-5,7-9H2,1H3,(H2,15,20). The molecule has 0 aromatic carbocycles. The Morgan fingerprint density at radius 3 is 2.67 bits per heavy atom. The molecule has 2 amide bonds. The largest absolute Gasteiger partial charge is 0.385 e. The number of carbonyl (C=O) groups excluding carboxylic acids is 2. The number of ether oxygens (including phenoxy) is 1. The molecule has 114 valence electrons. The number of aromatic nitrogens is 2. The molecule has 2 N–H and O–H groups in total. The summed E-state index contributed by atoms with van der Waals surface area (Å²) in [6.07, 6.45) is 4.60. The molecule has 1 saturated heterocycles. The van der Waals surface area contributed by atoms with Gasteiger partial charge in [0.1, 0.15) is 12.0 Å². The Bertz CT molecular complexity index is 498. The molecule has 0 atom stereocenters. The van der Waals surface area contributed by atoms with E-state index in [1.54, 1.807) is 18.1 Å². The van der Waals surface area contributed by atoms with E-state index in [1.807, 2.05) is 0 Å². The topological polar surface area (TPSA) is 98.4 Å². The van der Waals surface area contributed by atoms with Gasteiger partial charge in [-0.3, -0.25) is 9.59 Å². The minimum atomic E-state index is -0.571. The zero-order valence-corrected chi connectivity index (χ0v) is 12.1. The Balaban J connectivity index is 2.01. The molecule has 1 aromatic rings. The summed E-state index contributed by atoms with van der Waals surface area (Å²) in [4.78, 5) is 33.5. The lowest BCUT2D eigenvalue weighted by Crippen LogP contribution is -2.49. The second-order valence-electron chi connectivity index (χ2n) is 5.27. The maximum absolute atomic E-state index is 12.3. The van der Waals surface area contributed by atoms with Gasteiger partial charge in [0.05, 0.1) is 5.41 Å². The Labute approximate surface area is 123 Å². The molecular formula is C14H20N4O3. The molecule has 21 heavy (non-hydrogen) atoms. The quantitative estimate of drug-likeness (QED) is 0.837. The number of amides is 2. The van der Waals surface area contributed by atoms with Crippen LogP contribution >= 0.6 is 0 Å². The van der Waals surface area contributed by atoms with Crippen LogP contribution in [0.2, 0.25) is 0 Å². The summed E-state index contributed by atoms with van der Waals surface area (Å²) in [6.45, 7) is 1.48. The molecule has 0 radical (unpaired) electrons. The lowest BCUT2D eigenvalue weighted by atomic mass is 9.75. The average Bonchev–Trinajstić information content (AvgIpc) is 2.53. The van der Waals surface area contributed by atoms with Crippen LogP contribution in [0.4, 0.5) is 0 Å². The number of nitrogens with zero attached hydrogens (tertiary/aromatic N) is 3. The minimum absolute atomic E-state index is 0.137. The highest BCUT2D eigenvalue weighted by atomic mass is 16.5. The number of piperidine rings is 1. The average molecular weight is 292 g/mol. The van der Waals surface area contributed by atoms with Gasteiger partial charge in [-0.15, -0.1) is 0 Å². The van der Waals surface area contributed by atoms with Gasteiger partial charge in [-0.25, -0.2) is 9.97 Å². The van der Waals surface area contributed by atoms with Crippen LogP contribution in [0.1, 0.15) is 29.8 Å². The highest BCUT2D eigenvalue weighted by Crippen LogP contribution is 2.35. The SMILES string of the molecule is COCCC1(C(N)=O)CCN(C(=O)c2ccncn2)CC1. The van der Waals surface area contributed by atoms with Crippen molar-refractivity contribution in [2.24, 2.45) is 11.1 Å². The van der Waals surface area contributed by atoms with Crippen LogP contribution in [0.3, 0.4) is 0 Å². The Hall–Kier alpha value is -2.02. The summed E-state index contributed by atoms with van der Waals surface area (Å²) >= 11 is 0. The van der Waals surface area contributed by atoms with E-state index < -0.39 is 5.41 Å². The van der Waals surface area contributed by atoms with Gasteiger partial charge in [-0.05, 0) is 25.3 Å². The number of carbonyl (C=O) groups is 2. The normalized spacial score (nSPS) is 17.5. The smallest absolute Gasteiger partial charge is 0.272 e. The van der Waals surface area contributed by atoms with Crippen molar-refractivity contribution in [2.45, 2.75) is 19.3 Å². The van der Waals surface area contributed by atoms with Crippen LogP contribution in [0.5, 0.6) is 0 Å². The number of hydrogen-bond acceptors (Lipinski definition) is 5. The van der Waals surface area contributed by atoms with Crippen molar-refractivity contribution in [1.29, 1.82) is 0 Å². The molecule has 1 aliphatic rings. The monoisotopic (exact) mass is 292 g/mol. The van der Waals surface area contributed by atoms with Crippen molar-refractivity contribution < 1.29 is 14.3 Å². The number of nitrogens with two attached hydrogens (primary N) is 1. The third-order valence-electron chi connectivity index (χ3n) is 4.12. The van der Waals surface area contributed by atoms with Crippen LogP contribution < -0.4 is 5.73 Å². The van der Waals surface area contributed by atoms with Crippen molar-refractivity contribution in [3.8, 4) is 0 Å². The van der Waals surface area contributed by atoms with Gasteiger partial charge in [0.25, 0.3) is 5.91 Å². The van der Waals surface area contributed by atoms with Gasteiger partial charge in [-0.2, -0.15) is 0 Å². The van der Waals surface area contributed by atoms with E-state index in [2.05, 4.69) is 9.97 Å². The molecule has 1 fully saturated rings. The molecular weight excluding hydrogens is 272 g/mol. The van der Waals surface area contributed by atoms with Crippen LogP contribution in [0.25, 0.3) is 0 Å². The number of likely N-dealkylation sites (tertiary alicyclic amines) is 1. The molecule has 0 saturated carbocycles. The predicted octanol–water partition coefficient (Wildman–Crippen LogP) is 0.221. The van der Waals surface area contributed by atoms with Crippen LogP contribution in [0.15, 0.2) is 18.6 Å². The number of rotatable bonds is 5. The summed E-state index contributed by atoms with van der Waals surface area (Å²) < 4.78 is 5.06. The third kappa shape index (κ3) is 3.36. The highest BCUT2D eigenvalue weighted by Gasteiger charge is 2.40. The molecule has 0 spiro atoms. The van der Waals surface area contributed by atoms with Gasteiger partial charge in [0.2, 0.25) is 5.91 Å². The zero-order chi connectivity index (χ0) is 15.3. The summed E-state index contributed by atoms with van der Waals surface area (Å²) in [7, 11) is 1.60. The second kappa shape index (κ2) is 6.62. The maximum atomic E-state index is 12.3. The minimum Gasteiger partial charge on any atom is -0.385 e. The van der Waals surface area contributed by atoms with Gasteiger partial charge in [0, 0.05) is 33.0 Å². The summed E-state index contributed by atoms with van der Waals surface area (Å²) in [5.41, 5.74) is 5.36. The number of hydrogen-bond donors (Lipinski definition) is 1. The second-order valence-corrected chi connectivity index (χ2v) is 5.27. The molecule has 0 bridgehead atoms.